The van der Waals surface area contributed by atoms with Gasteiger partial charge < -0.3 is 14.8 Å². The Bertz CT molecular complexity index is 936. The fraction of sp³-hybridized carbons (Fsp3) is 0.227. The lowest BCUT2D eigenvalue weighted by molar-refractivity contribution is -0.127. The van der Waals surface area contributed by atoms with Crippen LogP contribution in [0.5, 0.6) is 11.5 Å². The summed E-state index contributed by atoms with van der Waals surface area (Å²) in [6.45, 7) is 4.39. The van der Waals surface area contributed by atoms with Crippen LogP contribution in [0.3, 0.4) is 0 Å². The van der Waals surface area contributed by atoms with Crippen LogP contribution in [-0.4, -0.2) is 25.2 Å². The maximum Gasteiger partial charge on any atom is 0.260 e. The number of rotatable bonds is 7. The van der Waals surface area contributed by atoms with Gasteiger partial charge in [0.15, 0.2) is 6.10 Å². The fourth-order valence-corrected chi connectivity index (χ4v) is 2.87. The molecule has 1 unspecified atom stereocenters. The van der Waals surface area contributed by atoms with Crippen LogP contribution in [0, 0.1) is 6.92 Å². The molecule has 3 aromatic rings. The Kier molecular flexibility index (Phi) is 6.20. The van der Waals surface area contributed by atoms with E-state index in [0.29, 0.717) is 23.9 Å². The van der Waals surface area contributed by atoms with E-state index in [1.165, 1.54) is 0 Å². The zero-order chi connectivity index (χ0) is 19.2. The van der Waals surface area contributed by atoms with Gasteiger partial charge in [0.05, 0.1) is 6.54 Å². The highest BCUT2D eigenvalue weighted by molar-refractivity contribution is 6.31. The minimum absolute atomic E-state index is 0.191. The molecule has 1 amide bonds. The molecule has 3 aromatic carbocycles. The van der Waals surface area contributed by atoms with Gasteiger partial charge in [-0.25, -0.2) is 0 Å². The molecular formula is C22H22ClNO3. The number of halogens is 1. The van der Waals surface area contributed by atoms with E-state index in [9.17, 15) is 4.79 Å². The first-order chi connectivity index (χ1) is 13.0. The SMILES string of the molecule is Cc1cc(OC(C)C(=O)NCCOc2cccc3ccccc23)ccc1Cl. The van der Waals surface area contributed by atoms with Crippen molar-refractivity contribution in [3.8, 4) is 11.5 Å². The first-order valence-electron chi connectivity index (χ1n) is 8.85. The Labute approximate surface area is 164 Å². The van der Waals surface area contributed by atoms with Crippen molar-refractivity contribution in [2.75, 3.05) is 13.2 Å². The normalized spacial score (nSPS) is 11.8. The Morgan fingerprint density at radius 2 is 1.89 bits per heavy atom. The molecule has 1 atom stereocenters. The highest BCUT2D eigenvalue weighted by Gasteiger charge is 2.14. The van der Waals surface area contributed by atoms with E-state index < -0.39 is 6.10 Å². The van der Waals surface area contributed by atoms with E-state index in [1.807, 2.05) is 55.5 Å². The van der Waals surface area contributed by atoms with Crippen LogP contribution in [0.4, 0.5) is 0 Å². The lowest BCUT2D eigenvalue weighted by Crippen LogP contribution is -2.38. The number of fused-ring (bicyclic) bond motifs is 1. The molecule has 0 saturated carbocycles. The number of aryl methyl sites for hydroxylation is 1. The van der Waals surface area contributed by atoms with Crippen LogP contribution in [0.15, 0.2) is 60.7 Å². The van der Waals surface area contributed by atoms with Crippen molar-refractivity contribution in [1.29, 1.82) is 0 Å². The molecule has 4 nitrogen and oxygen atoms in total. The minimum atomic E-state index is -0.608. The topological polar surface area (TPSA) is 47.6 Å². The molecule has 0 aliphatic heterocycles. The molecule has 0 aliphatic rings. The van der Waals surface area contributed by atoms with Crippen LogP contribution in [-0.2, 0) is 4.79 Å². The molecule has 0 spiro atoms. The largest absolute Gasteiger partial charge is 0.491 e. The van der Waals surface area contributed by atoms with Crippen molar-refractivity contribution in [3.05, 3.63) is 71.2 Å². The number of benzene rings is 3. The van der Waals surface area contributed by atoms with Crippen molar-refractivity contribution in [1.82, 2.24) is 5.32 Å². The van der Waals surface area contributed by atoms with Gasteiger partial charge in [0.25, 0.3) is 5.91 Å². The van der Waals surface area contributed by atoms with Crippen molar-refractivity contribution in [2.24, 2.45) is 0 Å². The molecule has 0 aliphatic carbocycles. The van der Waals surface area contributed by atoms with Gasteiger partial charge in [0, 0.05) is 10.4 Å². The van der Waals surface area contributed by atoms with Crippen LogP contribution in [0.1, 0.15) is 12.5 Å². The second kappa shape index (κ2) is 8.78. The Morgan fingerprint density at radius 1 is 1.11 bits per heavy atom. The molecular weight excluding hydrogens is 362 g/mol. The number of nitrogens with one attached hydrogen (secondary N) is 1. The summed E-state index contributed by atoms with van der Waals surface area (Å²) in [5.41, 5.74) is 0.908. The number of carbonyl (C=O) groups is 1. The van der Waals surface area contributed by atoms with Gasteiger partial charge in [0.2, 0.25) is 0 Å². The molecule has 0 bridgehead atoms. The van der Waals surface area contributed by atoms with Crippen LogP contribution in [0.2, 0.25) is 5.02 Å². The lowest BCUT2D eigenvalue weighted by atomic mass is 10.1. The molecule has 0 fully saturated rings. The zero-order valence-electron chi connectivity index (χ0n) is 15.4. The summed E-state index contributed by atoms with van der Waals surface area (Å²) in [5, 5.41) is 5.68. The maximum atomic E-state index is 12.2. The third kappa shape index (κ3) is 4.92. The predicted molar refractivity (Wildman–Crippen MR) is 109 cm³/mol. The van der Waals surface area contributed by atoms with Gasteiger partial charge in [-0.3, -0.25) is 4.79 Å². The molecule has 1 N–H and O–H groups in total. The summed E-state index contributed by atoms with van der Waals surface area (Å²) < 4.78 is 11.5. The molecule has 3 rings (SSSR count). The highest BCUT2D eigenvalue weighted by Crippen LogP contribution is 2.25. The molecule has 0 saturated heterocycles. The van der Waals surface area contributed by atoms with Crippen molar-refractivity contribution >= 4 is 28.3 Å². The van der Waals surface area contributed by atoms with E-state index >= 15 is 0 Å². The van der Waals surface area contributed by atoms with Gasteiger partial charge in [0.1, 0.15) is 18.1 Å². The van der Waals surface area contributed by atoms with E-state index in [-0.39, 0.29) is 5.91 Å². The molecule has 140 valence electrons. The fourth-order valence-electron chi connectivity index (χ4n) is 2.75. The van der Waals surface area contributed by atoms with E-state index in [4.69, 9.17) is 21.1 Å². The second-order valence-corrected chi connectivity index (χ2v) is 6.70. The minimum Gasteiger partial charge on any atom is -0.491 e. The first-order valence-corrected chi connectivity index (χ1v) is 9.23. The third-order valence-electron chi connectivity index (χ3n) is 4.22. The average Bonchev–Trinajstić information content (AvgIpc) is 2.68. The van der Waals surface area contributed by atoms with Crippen molar-refractivity contribution < 1.29 is 14.3 Å². The Hall–Kier alpha value is -2.72. The summed E-state index contributed by atoms with van der Waals surface area (Å²) in [6, 6.07) is 19.3. The number of hydrogen-bond acceptors (Lipinski definition) is 3. The van der Waals surface area contributed by atoms with Gasteiger partial charge in [-0.15, -0.1) is 0 Å². The molecule has 0 heterocycles. The van der Waals surface area contributed by atoms with Gasteiger partial charge in [-0.1, -0.05) is 48.0 Å². The quantitative estimate of drug-likeness (QED) is 0.598. The number of ether oxygens (including phenoxy) is 2. The monoisotopic (exact) mass is 383 g/mol. The standard InChI is InChI=1S/C22H22ClNO3/c1-15-14-18(10-11-20(15)23)27-16(2)22(25)24-12-13-26-21-9-5-7-17-6-3-4-8-19(17)21/h3-11,14,16H,12-13H2,1-2H3,(H,24,25). The summed E-state index contributed by atoms with van der Waals surface area (Å²) in [6.07, 6.45) is -0.608. The van der Waals surface area contributed by atoms with Crippen molar-refractivity contribution in [3.63, 3.8) is 0 Å². The Balaban J connectivity index is 1.48. The van der Waals surface area contributed by atoms with Gasteiger partial charge >= 0.3 is 0 Å². The lowest BCUT2D eigenvalue weighted by Gasteiger charge is -2.16. The zero-order valence-corrected chi connectivity index (χ0v) is 16.1. The summed E-state index contributed by atoms with van der Waals surface area (Å²) >= 11 is 6.00. The smallest absolute Gasteiger partial charge is 0.260 e. The van der Waals surface area contributed by atoms with Crippen LogP contribution in [0.25, 0.3) is 10.8 Å². The van der Waals surface area contributed by atoms with Gasteiger partial charge in [-0.2, -0.15) is 0 Å². The Morgan fingerprint density at radius 3 is 2.70 bits per heavy atom. The van der Waals surface area contributed by atoms with E-state index in [2.05, 4.69) is 5.32 Å². The van der Waals surface area contributed by atoms with E-state index in [0.717, 1.165) is 22.1 Å². The second-order valence-electron chi connectivity index (χ2n) is 6.29. The predicted octanol–water partition coefficient (Wildman–Crippen LogP) is 4.76. The first kappa shape index (κ1) is 19.1. The highest BCUT2D eigenvalue weighted by atomic mass is 35.5. The summed E-state index contributed by atoms with van der Waals surface area (Å²) in [7, 11) is 0. The molecule has 27 heavy (non-hydrogen) atoms. The summed E-state index contributed by atoms with van der Waals surface area (Å²) in [4.78, 5) is 12.2. The maximum absolute atomic E-state index is 12.2. The van der Waals surface area contributed by atoms with Crippen LogP contribution >= 0.6 is 11.6 Å². The molecule has 0 aromatic heterocycles. The summed E-state index contributed by atoms with van der Waals surface area (Å²) in [5.74, 6) is 1.24. The molecule has 0 radical (unpaired) electrons. The third-order valence-corrected chi connectivity index (χ3v) is 4.64. The van der Waals surface area contributed by atoms with Gasteiger partial charge in [-0.05, 0) is 49.1 Å². The number of carbonyl (C=O) groups excluding carboxylic acids is 1. The number of amides is 1. The van der Waals surface area contributed by atoms with Crippen molar-refractivity contribution in [2.45, 2.75) is 20.0 Å². The number of hydrogen-bond donors (Lipinski definition) is 1. The van der Waals surface area contributed by atoms with E-state index in [1.54, 1.807) is 19.1 Å². The molecule has 5 heteroatoms. The van der Waals surface area contributed by atoms with Crippen LogP contribution < -0.4 is 14.8 Å². The average molecular weight is 384 g/mol.